The second-order valence-corrected chi connectivity index (χ2v) is 6.02. The number of carbonyl (C=O) groups excluding carboxylic acids is 1. The molecule has 0 saturated heterocycles. The van der Waals surface area contributed by atoms with Crippen LogP contribution in [-0.4, -0.2) is 11.3 Å². The Morgan fingerprint density at radius 2 is 2.29 bits per heavy atom. The molecule has 4 heteroatoms. The lowest BCUT2D eigenvalue weighted by molar-refractivity contribution is -0.119. The first kappa shape index (κ1) is 11.9. The average molecular weight is 276 g/mol. The molecule has 0 radical (unpaired) electrons. The molecule has 0 unspecified atom stereocenters. The van der Waals surface area contributed by atoms with Gasteiger partial charge in [0.25, 0.3) is 0 Å². The van der Waals surface area contributed by atoms with Crippen LogP contribution >= 0.6 is 27.3 Å². The number of thiophene rings is 1. The minimum absolute atomic E-state index is 0.201. The van der Waals surface area contributed by atoms with E-state index in [9.17, 15) is 4.79 Å². The highest BCUT2D eigenvalue weighted by Gasteiger charge is 2.16. The quantitative estimate of drug-likeness (QED) is 0.918. The molecule has 1 aromatic rings. The number of hydrogen-bond donors (Lipinski definition) is 1. The molecule has 0 aliphatic rings. The number of hydrogen-bond acceptors (Lipinski definition) is 3. The predicted octanol–water partition coefficient (Wildman–Crippen LogP) is 2.75. The second kappa shape index (κ2) is 4.55. The van der Waals surface area contributed by atoms with Crippen LogP contribution in [0.15, 0.2) is 15.9 Å². The van der Waals surface area contributed by atoms with Gasteiger partial charge in [-0.25, -0.2) is 0 Å². The maximum Gasteiger partial charge on any atom is 0.139 e. The molecule has 2 N–H and O–H groups in total. The van der Waals surface area contributed by atoms with Crippen LogP contribution in [0.25, 0.3) is 0 Å². The monoisotopic (exact) mass is 275 g/mol. The van der Waals surface area contributed by atoms with E-state index in [4.69, 9.17) is 5.73 Å². The molecule has 0 saturated carbocycles. The average Bonchev–Trinajstić information content (AvgIpc) is 2.30. The lowest BCUT2D eigenvalue weighted by Crippen LogP contribution is -2.35. The number of ketones is 1. The van der Waals surface area contributed by atoms with Crippen molar-refractivity contribution in [2.24, 2.45) is 5.73 Å². The molecular weight excluding hydrogens is 262 g/mol. The fourth-order valence-electron chi connectivity index (χ4n) is 1.21. The molecule has 78 valence electrons. The van der Waals surface area contributed by atoms with Crippen LogP contribution in [0.2, 0.25) is 0 Å². The fraction of sp³-hybridized carbons (Fsp3) is 0.500. The summed E-state index contributed by atoms with van der Waals surface area (Å²) < 4.78 is 1.04. The van der Waals surface area contributed by atoms with Crippen molar-refractivity contribution < 1.29 is 4.79 Å². The van der Waals surface area contributed by atoms with E-state index in [2.05, 4.69) is 15.9 Å². The molecule has 0 amide bonds. The third-order valence-corrected chi connectivity index (χ3v) is 3.34. The number of rotatable bonds is 4. The van der Waals surface area contributed by atoms with Gasteiger partial charge in [0.15, 0.2) is 0 Å². The van der Waals surface area contributed by atoms with Gasteiger partial charge < -0.3 is 5.73 Å². The van der Waals surface area contributed by atoms with E-state index in [1.54, 1.807) is 11.3 Å². The van der Waals surface area contributed by atoms with Crippen molar-refractivity contribution in [3.63, 3.8) is 0 Å². The maximum absolute atomic E-state index is 11.5. The first-order valence-corrected chi connectivity index (χ1v) is 6.07. The number of carbonyl (C=O) groups is 1. The SMILES string of the molecule is CC(C)(N)CC(=O)Cc1cc(Br)cs1. The van der Waals surface area contributed by atoms with Crippen LogP contribution in [0, 0.1) is 0 Å². The molecule has 0 fully saturated rings. The molecule has 0 spiro atoms. The summed E-state index contributed by atoms with van der Waals surface area (Å²) in [6.07, 6.45) is 0.930. The highest BCUT2D eigenvalue weighted by Crippen LogP contribution is 2.21. The van der Waals surface area contributed by atoms with Crippen molar-refractivity contribution in [2.75, 3.05) is 0 Å². The Morgan fingerprint density at radius 1 is 1.64 bits per heavy atom. The van der Waals surface area contributed by atoms with E-state index in [0.29, 0.717) is 12.8 Å². The molecule has 0 aromatic carbocycles. The van der Waals surface area contributed by atoms with Crippen LogP contribution in [0.5, 0.6) is 0 Å². The van der Waals surface area contributed by atoms with Crippen molar-refractivity contribution >= 4 is 33.0 Å². The third kappa shape index (κ3) is 4.35. The number of nitrogens with two attached hydrogens (primary N) is 1. The van der Waals surface area contributed by atoms with Crippen LogP contribution in [-0.2, 0) is 11.2 Å². The molecule has 0 atom stereocenters. The van der Waals surface area contributed by atoms with Crippen LogP contribution in [0.3, 0.4) is 0 Å². The Labute approximate surface area is 96.6 Å². The fourth-order valence-corrected chi connectivity index (χ4v) is 2.69. The minimum Gasteiger partial charge on any atom is -0.325 e. The summed E-state index contributed by atoms with van der Waals surface area (Å²) in [5.41, 5.74) is 5.37. The van der Waals surface area contributed by atoms with Crippen molar-refractivity contribution in [3.05, 3.63) is 20.8 Å². The summed E-state index contributed by atoms with van der Waals surface area (Å²) in [4.78, 5) is 12.6. The Morgan fingerprint density at radius 3 is 2.71 bits per heavy atom. The van der Waals surface area contributed by atoms with E-state index in [1.165, 1.54) is 0 Å². The van der Waals surface area contributed by atoms with E-state index in [1.807, 2.05) is 25.3 Å². The molecule has 1 rings (SSSR count). The van der Waals surface area contributed by atoms with Crippen molar-refractivity contribution in [1.29, 1.82) is 0 Å². The molecular formula is C10H14BrNOS. The largest absolute Gasteiger partial charge is 0.325 e. The maximum atomic E-state index is 11.5. The standard InChI is InChI=1S/C10H14BrNOS/c1-10(2,12)5-8(13)4-9-3-7(11)6-14-9/h3,6H,4-5,12H2,1-2H3. The zero-order valence-electron chi connectivity index (χ0n) is 8.34. The Bertz CT molecular complexity index is 327. The Balaban J connectivity index is 2.50. The zero-order chi connectivity index (χ0) is 10.8. The van der Waals surface area contributed by atoms with Crippen LogP contribution in [0.1, 0.15) is 25.1 Å². The highest BCUT2D eigenvalue weighted by molar-refractivity contribution is 9.10. The van der Waals surface area contributed by atoms with Gasteiger partial charge in [0.1, 0.15) is 5.78 Å². The summed E-state index contributed by atoms with van der Waals surface area (Å²) in [5, 5.41) is 1.98. The Hall–Kier alpha value is -0.190. The number of halogens is 1. The molecule has 1 heterocycles. The molecule has 14 heavy (non-hydrogen) atoms. The number of Topliss-reactive ketones (excluding diaryl/α,β-unsaturated/α-hetero) is 1. The first-order valence-electron chi connectivity index (χ1n) is 4.40. The first-order chi connectivity index (χ1) is 6.37. The molecule has 1 aromatic heterocycles. The predicted molar refractivity (Wildman–Crippen MR) is 63.6 cm³/mol. The zero-order valence-corrected chi connectivity index (χ0v) is 10.7. The highest BCUT2D eigenvalue weighted by atomic mass is 79.9. The lowest BCUT2D eigenvalue weighted by atomic mass is 9.97. The smallest absolute Gasteiger partial charge is 0.139 e. The minimum atomic E-state index is -0.397. The molecule has 2 nitrogen and oxygen atoms in total. The summed E-state index contributed by atoms with van der Waals surface area (Å²) >= 11 is 4.95. The topological polar surface area (TPSA) is 43.1 Å². The van der Waals surface area contributed by atoms with Crippen LogP contribution in [0.4, 0.5) is 0 Å². The molecule has 0 aliphatic carbocycles. The van der Waals surface area contributed by atoms with Gasteiger partial charge in [0.2, 0.25) is 0 Å². The molecule has 0 bridgehead atoms. The Kier molecular flexibility index (Phi) is 3.86. The van der Waals surface area contributed by atoms with Gasteiger partial charge in [-0.2, -0.15) is 0 Å². The molecule has 0 aliphatic heterocycles. The second-order valence-electron chi connectivity index (χ2n) is 4.11. The van der Waals surface area contributed by atoms with Gasteiger partial charge in [0, 0.05) is 33.1 Å². The third-order valence-electron chi connectivity index (χ3n) is 1.65. The van der Waals surface area contributed by atoms with E-state index < -0.39 is 5.54 Å². The van der Waals surface area contributed by atoms with Gasteiger partial charge >= 0.3 is 0 Å². The van der Waals surface area contributed by atoms with Gasteiger partial charge in [-0.05, 0) is 35.8 Å². The summed E-state index contributed by atoms with van der Waals surface area (Å²) in [7, 11) is 0. The lowest BCUT2D eigenvalue weighted by Gasteiger charge is -2.16. The van der Waals surface area contributed by atoms with E-state index >= 15 is 0 Å². The normalized spacial score (nSPS) is 11.7. The van der Waals surface area contributed by atoms with Gasteiger partial charge in [0.05, 0.1) is 0 Å². The van der Waals surface area contributed by atoms with Gasteiger partial charge in [-0.3, -0.25) is 4.79 Å². The van der Waals surface area contributed by atoms with E-state index in [-0.39, 0.29) is 5.78 Å². The van der Waals surface area contributed by atoms with E-state index in [0.717, 1.165) is 9.35 Å². The van der Waals surface area contributed by atoms with Crippen LogP contribution < -0.4 is 5.73 Å². The van der Waals surface area contributed by atoms with Gasteiger partial charge in [-0.1, -0.05) is 0 Å². The van der Waals surface area contributed by atoms with Crippen molar-refractivity contribution in [3.8, 4) is 0 Å². The van der Waals surface area contributed by atoms with Gasteiger partial charge in [-0.15, -0.1) is 11.3 Å². The summed E-state index contributed by atoms with van der Waals surface area (Å²) in [5.74, 6) is 0.201. The van der Waals surface area contributed by atoms with Crippen molar-refractivity contribution in [2.45, 2.75) is 32.2 Å². The van der Waals surface area contributed by atoms with Crippen molar-refractivity contribution in [1.82, 2.24) is 0 Å². The summed E-state index contributed by atoms with van der Waals surface area (Å²) in [6, 6.07) is 1.98. The summed E-state index contributed by atoms with van der Waals surface area (Å²) in [6.45, 7) is 3.74.